The number of carbonyl (C=O) groups excluding carboxylic acids is 1. The summed E-state index contributed by atoms with van der Waals surface area (Å²) in [6.45, 7) is 1.96. The first kappa shape index (κ1) is 12.1. The van der Waals surface area contributed by atoms with Crippen LogP contribution >= 0.6 is 22.9 Å². The maximum absolute atomic E-state index is 11.3. The minimum Gasteiger partial charge on any atom is -0.464 e. The van der Waals surface area contributed by atoms with Crippen molar-refractivity contribution in [2.75, 3.05) is 7.11 Å². The Bertz CT molecular complexity index is 565. The summed E-state index contributed by atoms with van der Waals surface area (Å²) in [6.07, 6.45) is 0. The molecule has 0 spiro atoms. The molecule has 3 nitrogen and oxygen atoms in total. The molecule has 0 fully saturated rings. The highest BCUT2D eigenvalue weighted by molar-refractivity contribution is 7.13. The Morgan fingerprint density at radius 1 is 1.47 bits per heavy atom. The largest absolute Gasteiger partial charge is 0.464 e. The topological polar surface area (TPSA) is 39.2 Å². The van der Waals surface area contributed by atoms with Crippen LogP contribution in [-0.2, 0) is 4.74 Å². The molecule has 5 heteroatoms. The molecule has 0 saturated carbocycles. The summed E-state index contributed by atoms with van der Waals surface area (Å²) in [5, 5.41) is 3.17. The first-order chi connectivity index (χ1) is 8.11. The predicted octanol–water partition coefficient (Wildman–Crippen LogP) is 3.56. The quantitative estimate of drug-likeness (QED) is 0.781. The van der Waals surface area contributed by atoms with Gasteiger partial charge in [0.15, 0.2) is 5.69 Å². The van der Waals surface area contributed by atoms with E-state index in [4.69, 9.17) is 11.6 Å². The van der Waals surface area contributed by atoms with Crippen LogP contribution in [0.25, 0.3) is 10.6 Å². The van der Waals surface area contributed by atoms with Gasteiger partial charge < -0.3 is 4.74 Å². The van der Waals surface area contributed by atoms with Crippen molar-refractivity contribution >= 4 is 28.9 Å². The van der Waals surface area contributed by atoms with Crippen molar-refractivity contribution in [3.63, 3.8) is 0 Å². The number of nitrogens with zero attached hydrogens (tertiary/aromatic N) is 1. The van der Waals surface area contributed by atoms with E-state index in [1.165, 1.54) is 18.4 Å². The molecule has 1 aromatic carbocycles. The number of aromatic nitrogens is 1. The van der Waals surface area contributed by atoms with Crippen molar-refractivity contribution < 1.29 is 9.53 Å². The van der Waals surface area contributed by atoms with Crippen molar-refractivity contribution in [2.24, 2.45) is 0 Å². The predicted molar refractivity (Wildman–Crippen MR) is 68.6 cm³/mol. The van der Waals surface area contributed by atoms with Crippen LogP contribution in [0.2, 0.25) is 5.02 Å². The number of hydrogen-bond acceptors (Lipinski definition) is 4. The number of esters is 1. The summed E-state index contributed by atoms with van der Waals surface area (Å²) in [7, 11) is 1.34. The third-order valence-corrected chi connectivity index (χ3v) is 3.43. The second-order valence-electron chi connectivity index (χ2n) is 3.49. The van der Waals surface area contributed by atoms with Crippen molar-refractivity contribution in [1.82, 2.24) is 4.98 Å². The number of carbonyl (C=O) groups is 1. The van der Waals surface area contributed by atoms with Crippen LogP contribution in [0, 0.1) is 6.92 Å². The molecule has 0 atom stereocenters. The zero-order chi connectivity index (χ0) is 12.4. The molecule has 2 aromatic rings. The Labute approximate surface area is 108 Å². The smallest absolute Gasteiger partial charge is 0.357 e. The molecule has 0 aliphatic carbocycles. The highest BCUT2D eigenvalue weighted by atomic mass is 35.5. The Hall–Kier alpha value is -1.39. The van der Waals surface area contributed by atoms with Crippen LogP contribution < -0.4 is 0 Å². The third kappa shape index (κ3) is 2.48. The highest BCUT2D eigenvalue weighted by Gasteiger charge is 2.13. The van der Waals surface area contributed by atoms with E-state index in [1.54, 1.807) is 5.38 Å². The molecule has 2 rings (SSSR count). The van der Waals surface area contributed by atoms with Crippen LogP contribution in [0.15, 0.2) is 23.6 Å². The van der Waals surface area contributed by atoms with Gasteiger partial charge in [-0.1, -0.05) is 17.7 Å². The molecule has 1 aromatic heterocycles. The van der Waals surface area contributed by atoms with E-state index in [0.29, 0.717) is 10.7 Å². The molecular formula is C12H10ClNO2S. The molecular weight excluding hydrogens is 258 g/mol. The Kier molecular flexibility index (Phi) is 3.45. The Morgan fingerprint density at radius 2 is 2.24 bits per heavy atom. The van der Waals surface area contributed by atoms with Crippen LogP contribution in [0.1, 0.15) is 16.1 Å². The number of thiazole rings is 1. The number of methoxy groups -OCH3 is 1. The van der Waals surface area contributed by atoms with Crippen LogP contribution in [0.4, 0.5) is 0 Å². The fourth-order valence-electron chi connectivity index (χ4n) is 1.46. The summed E-state index contributed by atoms with van der Waals surface area (Å²) in [5.41, 5.74) is 2.35. The molecule has 0 bridgehead atoms. The van der Waals surface area contributed by atoms with Crippen LogP contribution in [0.5, 0.6) is 0 Å². The summed E-state index contributed by atoms with van der Waals surface area (Å²) >= 11 is 7.30. The summed E-state index contributed by atoms with van der Waals surface area (Å²) in [5.74, 6) is -0.417. The van der Waals surface area contributed by atoms with Gasteiger partial charge in [-0.2, -0.15) is 0 Å². The Morgan fingerprint density at radius 3 is 2.88 bits per heavy atom. The second-order valence-corrected chi connectivity index (χ2v) is 4.78. The number of ether oxygens (including phenoxy) is 1. The van der Waals surface area contributed by atoms with Crippen LogP contribution in [0.3, 0.4) is 0 Å². The lowest BCUT2D eigenvalue weighted by atomic mass is 10.1. The monoisotopic (exact) mass is 267 g/mol. The van der Waals surface area contributed by atoms with Crippen molar-refractivity contribution in [3.05, 3.63) is 39.9 Å². The summed E-state index contributed by atoms with van der Waals surface area (Å²) in [6, 6.07) is 5.58. The van der Waals surface area contributed by atoms with Gasteiger partial charge >= 0.3 is 5.97 Å². The number of rotatable bonds is 2. The summed E-state index contributed by atoms with van der Waals surface area (Å²) in [4.78, 5) is 15.5. The first-order valence-corrected chi connectivity index (χ1v) is 6.18. The van der Waals surface area contributed by atoms with E-state index < -0.39 is 5.97 Å². The lowest BCUT2D eigenvalue weighted by molar-refractivity contribution is 0.0595. The van der Waals surface area contributed by atoms with Gasteiger partial charge in [-0.3, -0.25) is 0 Å². The second kappa shape index (κ2) is 4.85. The van der Waals surface area contributed by atoms with Gasteiger partial charge in [0.05, 0.1) is 7.11 Å². The molecule has 1 heterocycles. The van der Waals surface area contributed by atoms with E-state index in [2.05, 4.69) is 9.72 Å². The SMILES string of the molecule is COC(=O)c1csc(-c2ccc(Cl)cc2C)n1. The average molecular weight is 268 g/mol. The van der Waals surface area contributed by atoms with Crippen molar-refractivity contribution in [3.8, 4) is 10.6 Å². The van der Waals surface area contributed by atoms with Crippen molar-refractivity contribution in [1.29, 1.82) is 0 Å². The number of hydrogen-bond donors (Lipinski definition) is 0. The van der Waals surface area contributed by atoms with E-state index >= 15 is 0 Å². The highest BCUT2D eigenvalue weighted by Crippen LogP contribution is 2.28. The van der Waals surface area contributed by atoms with E-state index in [1.807, 2.05) is 25.1 Å². The van der Waals surface area contributed by atoms with E-state index in [0.717, 1.165) is 16.1 Å². The molecule has 0 N–H and O–H groups in total. The third-order valence-electron chi connectivity index (χ3n) is 2.32. The maximum atomic E-state index is 11.3. The lowest BCUT2D eigenvalue weighted by Gasteiger charge is -2.02. The van der Waals surface area contributed by atoms with Gasteiger partial charge in [-0.15, -0.1) is 11.3 Å². The molecule has 0 unspecified atom stereocenters. The number of benzene rings is 1. The zero-order valence-electron chi connectivity index (χ0n) is 9.36. The van der Waals surface area contributed by atoms with Gasteiger partial charge in [0, 0.05) is 16.0 Å². The molecule has 0 radical (unpaired) electrons. The van der Waals surface area contributed by atoms with Gasteiger partial charge in [-0.25, -0.2) is 9.78 Å². The molecule has 0 amide bonds. The molecule has 88 valence electrons. The summed E-state index contributed by atoms with van der Waals surface area (Å²) < 4.78 is 4.62. The van der Waals surface area contributed by atoms with Gasteiger partial charge in [0.25, 0.3) is 0 Å². The van der Waals surface area contributed by atoms with Gasteiger partial charge in [-0.05, 0) is 24.6 Å². The van der Waals surface area contributed by atoms with E-state index in [-0.39, 0.29) is 0 Å². The fraction of sp³-hybridized carbons (Fsp3) is 0.167. The van der Waals surface area contributed by atoms with Gasteiger partial charge in [0.2, 0.25) is 0 Å². The minimum atomic E-state index is -0.417. The Balaban J connectivity index is 2.40. The molecule has 0 aliphatic heterocycles. The number of halogens is 1. The maximum Gasteiger partial charge on any atom is 0.357 e. The average Bonchev–Trinajstić information content (AvgIpc) is 2.77. The molecule has 17 heavy (non-hydrogen) atoms. The fourth-order valence-corrected chi connectivity index (χ4v) is 2.57. The van der Waals surface area contributed by atoms with Crippen LogP contribution in [-0.4, -0.2) is 18.1 Å². The van der Waals surface area contributed by atoms with Gasteiger partial charge in [0.1, 0.15) is 5.01 Å². The standard InChI is InChI=1S/C12H10ClNO2S/c1-7-5-8(13)3-4-9(7)11-14-10(6-17-11)12(15)16-2/h3-6H,1-2H3. The normalized spacial score (nSPS) is 10.3. The molecule has 0 saturated heterocycles. The first-order valence-electron chi connectivity index (χ1n) is 4.92. The molecule has 0 aliphatic rings. The zero-order valence-corrected chi connectivity index (χ0v) is 10.9. The van der Waals surface area contributed by atoms with E-state index in [9.17, 15) is 4.79 Å². The minimum absolute atomic E-state index is 0.335. The number of aryl methyl sites for hydroxylation is 1. The van der Waals surface area contributed by atoms with Crippen molar-refractivity contribution in [2.45, 2.75) is 6.92 Å². The lowest BCUT2D eigenvalue weighted by Crippen LogP contribution is -2.01.